The number of carbonyl (C=O) groups is 3. The summed E-state index contributed by atoms with van der Waals surface area (Å²) in [5, 5.41) is 14.6. The van der Waals surface area contributed by atoms with Crippen molar-refractivity contribution in [3.63, 3.8) is 0 Å². The van der Waals surface area contributed by atoms with Crippen molar-refractivity contribution in [1.29, 1.82) is 0 Å². The van der Waals surface area contributed by atoms with E-state index in [1.54, 1.807) is 6.92 Å². The molecule has 8 heteroatoms. The molecule has 0 aromatic heterocycles. The summed E-state index contributed by atoms with van der Waals surface area (Å²) >= 11 is 5.92. The second-order valence-corrected chi connectivity index (χ2v) is 8.57. The average molecular weight is 479 g/mol. The van der Waals surface area contributed by atoms with Crippen LogP contribution in [-0.2, 0) is 9.53 Å². The monoisotopic (exact) mass is 478 g/mol. The number of amides is 2. The number of carbonyl (C=O) groups excluding carboxylic acids is 2. The van der Waals surface area contributed by atoms with E-state index in [0.717, 1.165) is 22.3 Å². The Hall–Kier alpha value is -3.84. The zero-order chi connectivity index (χ0) is 24.2. The van der Waals surface area contributed by atoms with Gasteiger partial charge in [0.2, 0.25) is 5.91 Å². The molecule has 3 aromatic rings. The van der Waals surface area contributed by atoms with Gasteiger partial charge in [0.25, 0.3) is 0 Å². The summed E-state index contributed by atoms with van der Waals surface area (Å²) in [4.78, 5) is 36.0. The first-order valence-electron chi connectivity index (χ1n) is 10.8. The molecule has 1 aliphatic rings. The van der Waals surface area contributed by atoms with Gasteiger partial charge in [0.05, 0.1) is 11.5 Å². The molecule has 3 N–H and O–H groups in total. The van der Waals surface area contributed by atoms with E-state index in [1.165, 1.54) is 18.2 Å². The molecule has 0 spiro atoms. The van der Waals surface area contributed by atoms with Gasteiger partial charge in [0.15, 0.2) is 0 Å². The number of carboxylic acid groups (broad SMARTS) is 1. The standard InChI is InChI=1S/C26H23ClN2O5/c1-15(24(30)29-18-11-16(25(31)32)10-17(27)12-18)13-28-26(33)34-14-23-21-8-4-2-6-19(21)20-7-3-5-9-22(20)23/h2-12,15,23H,13-14H2,1H3,(H,28,33)(H,29,30)(H,31,32). The zero-order valence-corrected chi connectivity index (χ0v) is 19.1. The van der Waals surface area contributed by atoms with Crippen LogP contribution in [0.3, 0.4) is 0 Å². The molecule has 4 rings (SSSR count). The first-order chi connectivity index (χ1) is 16.3. The van der Waals surface area contributed by atoms with Gasteiger partial charge in [-0.2, -0.15) is 0 Å². The number of nitrogens with one attached hydrogen (secondary N) is 2. The Morgan fingerprint density at radius 3 is 2.24 bits per heavy atom. The Bertz CT molecular complexity index is 1210. The number of rotatable bonds is 7. The lowest BCUT2D eigenvalue weighted by Crippen LogP contribution is -2.35. The van der Waals surface area contributed by atoms with Crippen LogP contribution in [0.5, 0.6) is 0 Å². The quantitative estimate of drug-likeness (QED) is 0.435. The molecule has 34 heavy (non-hydrogen) atoms. The molecule has 0 bridgehead atoms. The lowest BCUT2D eigenvalue weighted by Gasteiger charge is -2.16. The molecule has 1 aliphatic carbocycles. The SMILES string of the molecule is CC(CNC(=O)OCC1c2ccccc2-c2ccccc21)C(=O)Nc1cc(Cl)cc(C(=O)O)c1. The van der Waals surface area contributed by atoms with Crippen LogP contribution < -0.4 is 10.6 Å². The van der Waals surface area contributed by atoms with E-state index < -0.39 is 23.9 Å². The van der Waals surface area contributed by atoms with Crippen LogP contribution in [0.15, 0.2) is 66.7 Å². The van der Waals surface area contributed by atoms with Crippen molar-refractivity contribution < 1.29 is 24.2 Å². The Morgan fingerprint density at radius 2 is 1.62 bits per heavy atom. The number of anilines is 1. The summed E-state index contributed by atoms with van der Waals surface area (Å²) in [5.74, 6) is -2.18. The van der Waals surface area contributed by atoms with Crippen molar-refractivity contribution in [3.05, 3.63) is 88.4 Å². The fourth-order valence-electron chi connectivity index (χ4n) is 4.03. The largest absolute Gasteiger partial charge is 0.478 e. The summed E-state index contributed by atoms with van der Waals surface area (Å²) < 4.78 is 5.48. The molecule has 1 unspecified atom stereocenters. The Morgan fingerprint density at radius 1 is 1.00 bits per heavy atom. The maximum absolute atomic E-state index is 12.5. The maximum atomic E-state index is 12.5. The molecule has 1 atom stereocenters. The minimum absolute atomic E-state index is 0.0350. The Labute approximate surface area is 201 Å². The van der Waals surface area contributed by atoms with E-state index in [1.807, 2.05) is 36.4 Å². The maximum Gasteiger partial charge on any atom is 0.407 e. The number of carboxylic acids is 1. The van der Waals surface area contributed by atoms with Crippen LogP contribution in [0, 0.1) is 5.92 Å². The van der Waals surface area contributed by atoms with Crippen molar-refractivity contribution in [2.75, 3.05) is 18.5 Å². The third kappa shape index (κ3) is 5.05. The van der Waals surface area contributed by atoms with Gasteiger partial charge in [0.1, 0.15) is 6.61 Å². The number of alkyl carbamates (subject to hydrolysis) is 1. The second kappa shape index (κ2) is 9.97. The third-order valence-electron chi connectivity index (χ3n) is 5.76. The van der Waals surface area contributed by atoms with Crippen LogP contribution in [0.25, 0.3) is 11.1 Å². The minimum atomic E-state index is -1.15. The summed E-state index contributed by atoms with van der Waals surface area (Å²) in [7, 11) is 0. The highest BCUT2D eigenvalue weighted by Crippen LogP contribution is 2.44. The van der Waals surface area contributed by atoms with Crippen molar-refractivity contribution >= 4 is 35.3 Å². The molecule has 0 fully saturated rings. The van der Waals surface area contributed by atoms with Crippen LogP contribution in [0.2, 0.25) is 5.02 Å². The highest BCUT2D eigenvalue weighted by molar-refractivity contribution is 6.31. The lowest BCUT2D eigenvalue weighted by molar-refractivity contribution is -0.119. The van der Waals surface area contributed by atoms with E-state index >= 15 is 0 Å². The van der Waals surface area contributed by atoms with Crippen LogP contribution in [0.1, 0.15) is 34.3 Å². The molecule has 0 saturated carbocycles. The van der Waals surface area contributed by atoms with Gasteiger partial charge in [0, 0.05) is 23.2 Å². The number of hydrogen-bond acceptors (Lipinski definition) is 4. The first kappa shape index (κ1) is 23.3. The third-order valence-corrected chi connectivity index (χ3v) is 5.97. The van der Waals surface area contributed by atoms with E-state index in [-0.39, 0.29) is 35.3 Å². The van der Waals surface area contributed by atoms with Gasteiger partial charge in [-0.05, 0) is 40.5 Å². The van der Waals surface area contributed by atoms with Gasteiger partial charge >= 0.3 is 12.1 Å². The lowest BCUT2D eigenvalue weighted by atomic mass is 9.98. The van der Waals surface area contributed by atoms with E-state index in [9.17, 15) is 14.4 Å². The second-order valence-electron chi connectivity index (χ2n) is 8.13. The van der Waals surface area contributed by atoms with Gasteiger partial charge in [-0.3, -0.25) is 4.79 Å². The normalized spacial score (nSPS) is 12.9. The van der Waals surface area contributed by atoms with Gasteiger partial charge < -0.3 is 20.5 Å². The fraction of sp³-hybridized carbons (Fsp3) is 0.192. The topological polar surface area (TPSA) is 105 Å². The Balaban J connectivity index is 1.31. The van der Waals surface area contributed by atoms with Crippen LogP contribution in [-0.4, -0.2) is 36.2 Å². The first-order valence-corrected chi connectivity index (χ1v) is 11.1. The van der Waals surface area contributed by atoms with Gasteiger partial charge in [-0.25, -0.2) is 9.59 Å². The molecule has 0 heterocycles. The van der Waals surface area contributed by atoms with E-state index in [2.05, 4.69) is 22.8 Å². The smallest absolute Gasteiger partial charge is 0.407 e. The average Bonchev–Trinajstić information content (AvgIpc) is 3.14. The molecule has 3 aromatic carbocycles. The highest BCUT2D eigenvalue weighted by Gasteiger charge is 2.29. The van der Waals surface area contributed by atoms with Crippen molar-refractivity contribution in [2.24, 2.45) is 5.92 Å². The number of hydrogen-bond donors (Lipinski definition) is 3. The van der Waals surface area contributed by atoms with Crippen LogP contribution >= 0.6 is 11.6 Å². The summed E-state index contributed by atoms with van der Waals surface area (Å²) in [6.45, 7) is 1.87. The summed E-state index contributed by atoms with van der Waals surface area (Å²) in [6, 6.07) is 20.2. The van der Waals surface area contributed by atoms with Gasteiger partial charge in [-0.1, -0.05) is 67.1 Å². The van der Waals surface area contributed by atoms with Crippen molar-refractivity contribution in [3.8, 4) is 11.1 Å². The fourth-order valence-corrected chi connectivity index (χ4v) is 4.26. The molecule has 2 amide bonds. The number of benzene rings is 3. The predicted octanol–water partition coefficient (Wildman–Crippen LogP) is 5.15. The number of fused-ring (bicyclic) bond motifs is 3. The van der Waals surface area contributed by atoms with Gasteiger partial charge in [-0.15, -0.1) is 0 Å². The number of halogens is 1. The van der Waals surface area contributed by atoms with Crippen LogP contribution in [0.4, 0.5) is 10.5 Å². The highest BCUT2D eigenvalue weighted by atomic mass is 35.5. The molecular weight excluding hydrogens is 456 g/mol. The summed E-state index contributed by atoms with van der Waals surface area (Å²) in [6.07, 6.45) is -0.613. The van der Waals surface area contributed by atoms with E-state index in [0.29, 0.717) is 0 Å². The van der Waals surface area contributed by atoms with E-state index in [4.69, 9.17) is 21.4 Å². The Kier molecular flexibility index (Phi) is 6.84. The molecular formula is C26H23ClN2O5. The van der Waals surface area contributed by atoms with Crippen molar-refractivity contribution in [2.45, 2.75) is 12.8 Å². The molecule has 7 nitrogen and oxygen atoms in total. The number of ether oxygens (including phenoxy) is 1. The summed E-state index contributed by atoms with van der Waals surface area (Å²) in [5.41, 5.74) is 4.75. The van der Waals surface area contributed by atoms with Crippen molar-refractivity contribution in [1.82, 2.24) is 5.32 Å². The molecule has 0 aliphatic heterocycles. The molecule has 0 radical (unpaired) electrons. The predicted molar refractivity (Wildman–Crippen MR) is 129 cm³/mol. The minimum Gasteiger partial charge on any atom is -0.478 e. The number of aromatic carboxylic acids is 1. The molecule has 0 saturated heterocycles. The zero-order valence-electron chi connectivity index (χ0n) is 18.4. The molecule has 174 valence electrons.